The Balaban J connectivity index is 0.00000120. The zero-order chi connectivity index (χ0) is 58.8. The van der Waals surface area contributed by atoms with Gasteiger partial charge in [0.2, 0.25) is 0 Å². The van der Waals surface area contributed by atoms with Crippen molar-refractivity contribution in [1.29, 1.82) is 0 Å². The van der Waals surface area contributed by atoms with Gasteiger partial charge in [0, 0.05) is 53.7 Å². The molecule has 0 radical (unpaired) electrons. The Hall–Kier alpha value is -4.18. The molecule has 2 N–H and O–H groups in total. The largest absolute Gasteiger partial charge is 0.479 e. The van der Waals surface area contributed by atoms with Gasteiger partial charge in [0.1, 0.15) is 0 Å². The number of para-hydroxylation sites is 4. The molecule has 8 nitrogen and oxygen atoms in total. The Labute approximate surface area is 515 Å². The quantitative estimate of drug-likeness (QED) is 0.0164. The standard InChI is InChI=1S/2C28H40N2.C14H24O4.2Pd/c2*1-17(2)23-13-11-14-24(18(3)4)27(23)29-21(9)22(10)30-28-25(19(5)6)15-12-16-26(28)20(7)8;1-3-9-13(15)17-11-7-5-6-8-12-18-14(16)10-4-2;;/h2*11-20H,1-10H3;1-12H2;;/q;;-2;;/p+2. The van der Waals surface area contributed by atoms with Crippen LogP contribution in [0.2, 0.25) is 0 Å². The Morgan fingerprint density at radius 2 is 0.525 bits per heavy atom. The molecule has 4 rings (SSSR count). The number of esters is 2. The SMILES string of the molecule is CC(=Nc1c(C(C)C)cccc1C(C)C)C(C)=Nc1c(C(C)C)cccc1C(C)C.CC(=Nc1c(C(C)C)cccc1C(C)C)C(C)=Nc1c(C(C)C)cccc1C(C)C.[CH2-]CCC(=[OH+])OCCCCCCOC(=[OH+])CC[CH2-].[Pd].[Pd]. The van der Waals surface area contributed by atoms with Gasteiger partial charge in [-0.25, -0.2) is 0 Å². The third kappa shape index (κ3) is 25.1. The van der Waals surface area contributed by atoms with Gasteiger partial charge >= 0.3 is 11.9 Å². The van der Waals surface area contributed by atoms with Crippen LogP contribution in [0.4, 0.5) is 22.7 Å². The summed E-state index contributed by atoms with van der Waals surface area (Å²) in [6.07, 6.45) is 6.19. The summed E-state index contributed by atoms with van der Waals surface area (Å²) in [5.74, 6) is 3.63. The normalized spacial score (nSPS) is 12.2. The predicted octanol–water partition coefficient (Wildman–Crippen LogP) is 20.9. The Kier molecular flexibility index (Phi) is 37.3. The van der Waals surface area contributed by atoms with E-state index in [1.807, 2.05) is 0 Å². The predicted molar refractivity (Wildman–Crippen MR) is 343 cm³/mol. The first kappa shape index (κ1) is 75.8. The van der Waals surface area contributed by atoms with E-state index in [4.69, 9.17) is 29.4 Å². The van der Waals surface area contributed by atoms with Crippen LogP contribution in [-0.2, 0) is 50.3 Å². The van der Waals surface area contributed by atoms with E-state index in [0.717, 1.165) is 71.3 Å². The van der Waals surface area contributed by atoms with Crippen molar-refractivity contribution >= 4 is 57.5 Å². The summed E-state index contributed by atoms with van der Waals surface area (Å²) >= 11 is 0. The van der Waals surface area contributed by atoms with Crippen LogP contribution in [0.5, 0.6) is 0 Å². The van der Waals surface area contributed by atoms with Crippen molar-refractivity contribution in [2.75, 3.05) is 13.2 Å². The minimum atomic E-state index is 0. The van der Waals surface area contributed by atoms with E-state index in [1.54, 1.807) is 0 Å². The Morgan fingerprint density at radius 1 is 0.350 bits per heavy atom. The van der Waals surface area contributed by atoms with Crippen molar-refractivity contribution in [3.05, 3.63) is 131 Å². The van der Waals surface area contributed by atoms with Gasteiger partial charge < -0.3 is 32.9 Å². The minimum Gasteiger partial charge on any atom is -0.343 e. The Bertz CT molecular complexity index is 2180. The van der Waals surface area contributed by atoms with Crippen LogP contribution >= 0.6 is 0 Å². The molecule has 0 atom stereocenters. The molecule has 0 aliphatic carbocycles. The van der Waals surface area contributed by atoms with Crippen LogP contribution in [0.25, 0.3) is 0 Å². The summed E-state index contributed by atoms with van der Waals surface area (Å²) in [5.41, 5.74) is 18.9. The number of hydrogen-bond acceptors (Lipinski definition) is 6. The molecule has 0 unspecified atom stereocenters. The van der Waals surface area contributed by atoms with Gasteiger partial charge in [0.15, 0.2) is 13.2 Å². The Morgan fingerprint density at radius 3 is 0.675 bits per heavy atom. The fourth-order valence-electron chi connectivity index (χ4n) is 8.94. The van der Waals surface area contributed by atoms with Gasteiger partial charge in [-0.1, -0.05) is 184 Å². The number of unbranched alkanes of at least 4 members (excludes halogenated alkanes) is 3. The van der Waals surface area contributed by atoms with Crippen molar-refractivity contribution < 1.29 is 59.9 Å². The molecule has 0 saturated carbocycles. The number of benzene rings is 4. The van der Waals surface area contributed by atoms with Crippen LogP contribution in [0, 0.1) is 13.8 Å². The van der Waals surface area contributed by atoms with Gasteiger partial charge in [0.05, 0.1) is 58.4 Å². The number of hydrogen-bond donors (Lipinski definition) is 0. The molecule has 0 fully saturated rings. The van der Waals surface area contributed by atoms with Crippen molar-refractivity contribution in [3.63, 3.8) is 0 Å². The molecule has 0 aliphatic heterocycles. The molecule has 450 valence electrons. The summed E-state index contributed by atoms with van der Waals surface area (Å²) in [6.45, 7) is 52.5. The summed E-state index contributed by atoms with van der Waals surface area (Å²) in [5, 5.41) is 0. The second-order valence-electron chi connectivity index (χ2n) is 23.3. The van der Waals surface area contributed by atoms with E-state index in [-0.39, 0.29) is 52.8 Å². The molecule has 80 heavy (non-hydrogen) atoms. The third-order valence-electron chi connectivity index (χ3n) is 13.9. The first-order chi connectivity index (χ1) is 36.8. The average molecular weight is 1280 g/mol. The number of rotatable bonds is 25. The number of carbonyl (C=O) groups excluding carboxylic acids is 2. The van der Waals surface area contributed by atoms with E-state index >= 15 is 0 Å². The molecule has 0 aliphatic rings. The van der Waals surface area contributed by atoms with Crippen molar-refractivity contribution in [1.82, 2.24) is 0 Å². The zero-order valence-corrected chi connectivity index (χ0v) is 56.3. The maximum absolute atomic E-state index is 9.20. The molecule has 0 saturated heterocycles. The molecular formula is C70H106N4O4Pd2. The zero-order valence-electron chi connectivity index (χ0n) is 53.2. The van der Waals surface area contributed by atoms with Crippen molar-refractivity contribution in [2.45, 2.75) is 237 Å². The summed E-state index contributed by atoms with van der Waals surface area (Å²) in [7, 11) is 0. The molecule has 0 heterocycles. The maximum Gasteiger partial charge on any atom is 0.479 e. The van der Waals surface area contributed by atoms with Gasteiger partial charge in [-0.05, 0) is 132 Å². The summed E-state index contributed by atoms with van der Waals surface area (Å²) in [6, 6.07) is 26.3. The fraction of sp³-hybridized carbons (Fsp3) is 0.543. The molecule has 0 aromatic heterocycles. The van der Waals surface area contributed by atoms with Crippen LogP contribution in [0.15, 0.2) is 92.8 Å². The van der Waals surface area contributed by atoms with Crippen LogP contribution in [-0.4, -0.2) is 57.6 Å². The van der Waals surface area contributed by atoms with Crippen molar-refractivity contribution in [2.24, 2.45) is 20.0 Å². The average Bonchev–Trinajstić information content (AvgIpc) is 3.37. The van der Waals surface area contributed by atoms with Gasteiger partial charge in [-0.3, -0.25) is 20.0 Å². The van der Waals surface area contributed by atoms with E-state index in [1.165, 1.54) is 44.5 Å². The fourth-order valence-corrected chi connectivity index (χ4v) is 8.94. The third-order valence-corrected chi connectivity index (χ3v) is 13.9. The minimum absolute atomic E-state index is 0. The van der Waals surface area contributed by atoms with E-state index < -0.39 is 0 Å². The monoisotopic (exact) mass is 1280 g/mol. The van der Waals surface area contributed by atoms with Crippen molar-refractivity contribution in [3.8, 4) is 0 Å². The second kappa shape index (κ2) is 39.3. The van der Waals surface area contributed by atoms with Crippen LogP contribution < -0.4 is 0 Å². The van der Waals surface area contributed by atoms with E-state index in [0.29, 0.717) is 86.2 Å². The first-order valence-corrected chi connectivity index (χ1v) is 29.5. The topological polar surface area (TPSA) is 111 Å². The number of aliphatic imine (C=N–C) groups is 4. The molecular weight excluding hydrogens is 1170 g/mol. The molecule has 0 spiro atoms. The molecule has 4 aromatic carbocycles. The first-order valence-electron chi connectivity index (χ1n) is 29.5. The smallest absolute Gasteiger partial charge is 0.343 e. The number of nitrogens with zero attached hydrogens (tertiary/aromatic N) is 4. The van der Waals surface area contributed by atoms with E-state index in [9.17, 15) is 9.59 Å². The van der Waals surface area contributed by atoms with Gasteiger partial charge in [0.25, 0.3) is 0 Å². The van der Waals surface area contributed by atoms with Crippen LogP contribution in [0.1, 0.15) is 282 Å². The second-order valence-corrected chi connectivity index (χ2v) is 23.3. The maximum atomic E-state index is 9.20. The van der Waals surface area contributed by atoms with E-state index in [2.05, 4.69) is 225 Å². The van der Waals surface area contributed by atoms with Crippen LogP contribution in [0.3, 0.4) is 0 Å². The molecule has 0 bridgehead atoms. The number of ether oxygens (including phenoxy) is 2. The summed E-state index contributed by atoms with van der Waals surface area (Å²) < 4.78 is 10.2. The molecule has 4 aromatic rings. The van der Waals surface area contributed by atoms with Gasteiger partial charge in [-0.15, -0.1) is 0 Å². The molecule has 10 heteroatoms. The van der Waals surface area contributed by atoms with Gasteiger partial charge in [-0.2, -0.15) is 12.8 Å². The molecule has 0 amide bonds. The summed E-state index contributed by atoms with van der Waals surface area (Å²) in [4.78, 5) is 38.9.